The van der Waals surface area contributed by atoms with Crippen molar-refractivity contribution in [2.45, 2.75) is 25.6 Å². The van der Waals surface area contributed by atoms with Crippen molar-refractivity contribution in [1.29, 1.82) is 0 Å². The number of amides is 1. The van der Waals surface area contributed by atoms with Gasteiger partial charge in [0.25, 0.3) is 0 Å². The number of aliphatic imine (C=N–C) groups is 1. The van der Waals surface area contributed by atoms with Gasteiger partial charge in [0.2, 0.25) is 5.91 Å². The van der Waals surface area contributed by atoms with Gasteiger partial charge in [0.15, 0.2) is 5.96 Å². The third kappa shape index (κ3) is 4.04. The van der Waals surface area contributed by atoms with Crippen LogP contribution in [0.1, 0.15) is 29.8 Å². The number of hydrogen-bond acceptors (Lipinski definition) is 2. The van der Waals surface area contributed by atoms with Gasteiger partial charge in [-0.05, 0) is 24.5 Å². The zero-order valence-corrected chi connectivity index (χ0v) is 11.4. The number of nitrogens with zero attached hydrogens (tertiary/aromatic N) is 1. The summed E-state index contributed by atoms with van der Waals surface area (Å²) in [6.07, 6.45) is 0.874. The Morgan fingerprint density at radius 1 is 1.50 bits per heavy atom. The Balaban J connectivity index is 2.71. The molecule has 18 heavy (non-hydrogen) atoms. The molecule has 0 saturated carbocycles. The van der Waals surface area contributed by atoms with Crippen LogP contribution >= 0.6 is 11.6 Å². The summed E-state index contributed by atoms with van der Waals surface area (Å²) in [4.78, 5) is 15.9. The van der Waals surface area contributed by atoms with E-state index >= 15 is 0 Å². The molecule has 0 aliphatic carbocycles. The molecule has 0 aliphatic heterocycles. The summed E-state index contributed by atoms with van der Waals surface area (Å²) in [6.45, 7) is 4.48. The number of nitrogens with one attached hydrogen (secondary N) is 1. The van der Waals surface area contributed by atoms with Gasteiger partial charge in [-0.25, -0.2) is 0 Å². The van der Waals surface area contributed by atoms with Crippen molar-refractivity contribution in [3.63, 3.8) is 0 Å². The molecule has 1 atom stereocenters. The Morgan fingerprint density at radius 3 is 2.78 bits per heavy atom. The second-order valence-corrected chi connectivity index (χ2v) is 4.41. The number of alkyl halides is 1. The van der Waals surface area contributed by atoms with Crippen LogP contribution in [0, 0.1) is 6.92 Å². The highest BCUT2D eigenvalue weighted by molar-refractivity contribution is 6.32. The van der Waals surface area contributed by atoms with E-state index in [4.69, 9.17) is 17.3 Å². The first-order chi connectivity index (χ1) is 8.56. The SMILES string of the molecule is CCCN=C(N)NC(=O)C(Cl)c1ccccc1C. The topological polar surface area (TPSA) is 67.5 Å². The summed E-state index contributed by atoms with van der Waals surface area (Å²) in [5.74, 6) is -0.246. The third-order valence-corrected chi connectivity index (χ3v) is 2.88. The Labute approximate surface area is 112 Å². The van der Waals surface area contributed by atoms with Crippen LogP contribution in [-0.2, 0) is 4.79 Å². The Kier molecular flexibility index (Phi) is 5.65. The standard InChI is InChI=1S/C13H18ClN3O/c1-3-8-16-13(15)17-12(18)11(14)10-7-5-4-6-9(10)2/h4-7,11H,3,8H2,1-2H3,(H3,15,16,17,18). The van der Waals surface area contributed by atoms with Crippen LogP contribution in [0.5, 0.6) is 0 Å². The lowest BCUT2D eigenvalue weighted by atomic mass is 10.1. The van der Waals surface area contributed by atoms with Crippen LogP contribution in [0.15, 0.2) is 29.3 Å². The van der Waals surface area contributed by atoms with Gasteiger partial charge in [-0.1, -0.05) is 31.2 Å². The smallest absolute Gasteiger partial charge is 0.249 e. The number of hydrogen-bond donors (Lipinski definition) is 2. The van der Waals surface area contributed by atoms with E-state index in [-0.39, 0.29) is 11.9 Å². The van der Waals surface area contributed by atoms with Gasteiger partial charge in [-0.2, -0.15) is 0 Å². The number of benzene rings is 1. The number of guanidine groups is 1. The molecule has 5 heteroatoms. The lowest BCUT2D eigenvalue weighted by Crippen LogP contribution is -2.38. The van der Waals surface area contributed by atoms with Crippen LogP contribution in [0.25, 0.3) is 0 Å². The average Bonchev–Trinajstić information content (AvgIpc) is 2.36. The van der Waals surface area contributed by atoms with Gasteiger partial charge < -0.3 is 5.73 Å². The highest BCUT2D eigenvalue weighted by Crippen LogP contribution is 2.23. The molecule has 0 bridgehead atoms. The third-order valence-electron chi connectivity index (χ3n) is 2.45. The number of rotatable bonds is 4. The second kappa shape index (κ2) is 7.01. The lowest BCUT2D eigenvalue weighted by Gasteiger charge is -2.12. The van der Waals surface area contributed by atoms with E-state index in [1.807, 2.05) is 38.1 Å². The molecule has 0 fully saturated rings. The largest absolute Gasteiger partial charge is 0.370 e. The predicted octanol–water partition coefficient (Wildman–Crippen LogP) is 2.12. The molecule has 0 heterocycles. The molecule has 0 saturated heterocycles. The Hall–Kier alpha value is -1.55. The van der Waals surface area contributed by atoms with E-state index in [2.05, 4.69) is 10.3 Å². The van der Waals surface area contributed by atoms with Gasteiger partial charge in [0.05, 0.1) is 0 Å². The molecule has 3 N–H and O–H groups in total. The average molecular weight is 268 g/mol. The zero-order valence-electron chi connectivity index (χ0n) is 10.6. The van der Waals surface area contributed by atoms with Gasteiger partial charge in [-0.3, -0.25) is 15.1 Å². The fraction of sp³-hybridized carbons (Fsp3) is 0.385. The van der Waals surface area contributed by atoms with Crippen molar-refractivity contribution in [2.24, 2.45) is 10.7 Å². The lowest BCUT2D eigenvalue weighted by molar-refractivity contribution is -0.119. The summed E-state index contributed by atoms with van der Waals surface area (Å²) < 4.78 is 0. The normalized spacial score (nSPS) is 13.2. The monoisotopic (exact) mass is 267 g/mol. The van der Waals surface area contributed by atoms with Crippen molar-refractivity contribution in [3.8, 4) is 0 Å². The number of nitrogens with two attached hydrogens (primary N) is 1. The summed E-state index contributed by atoms with van der Waals surface area (Å²) in [5, 5.41) is 1.73. The van der Waals surface area contributed by atoms with Crippen molar-refractivity contribution >= 4 is 23.5 Å². The van der Waals surface area contributed by atoms with E-state index in [1.54, 1.807) is 0 Å². The van der Waals surface area contributed by atoms with E-state index in [9.17, 15) is 4.79 Å². The number of halogens is 1. The summed E-state index contributed by atoms with van der Waals surface area (Å²) in [7, 11) is 0. The van der Waals surface area contributed by atoms with Crippen LogP contribution in [0.2, 0.25) is 0 Å². The molecule has 1 unspecified atom stereocenters. The summed E-state index contributed by atoms with van der Waals surface area (Å²) in [5.41, 5.74) is 7.32. The molecular formula is C13H18ClN3O. The number of carbonyl (C=O) groups is 1. The molecule has 1 aromatic rings. The molecular weight excluding hydrogens is 250 g/mol. The van der Waals surface area contributed by atoms with Crippen LogP contribution in [-0.4, -0.2) is 18.4 Å². The maximum atomic E-state index is 11.9. The predicted molar refractivity (Wildman–Crippen MR) is 74.7 cm³/mol. The molecule has 98 valence electrons. The first kappa shape index (κ1) is 14.5. The first-order valence-corrected chi connectivity index (χ1v) is 6.30. The maximum Gasteiger partial charge on any atom is 0.249 e. The van der Waals surface area contributed by atoms with E-state index in [1.165, 1.54) is 0 Å². The van der Waals surface area contributed by atoms with Gasteiger partial charge >= 0.3 is 0 Å². The minimum atomic E-state index is -0.762. The Morgan fingerprint density at radius 2 is 2.17 bits per heavy atom. The van der Waals surface area contributed by atoms with E-state index in [0.717, 1.165) is 17.5 Å². The van der Waals surface area contributed by atoms with E-state index < -0.39 is 5.38 Å². The molecule has 0 spiro atoms. The fourth-order valence-electron chi connectivity index (χ4n) is 1.47. The van der Waals surface area contributed by atoms with Crippen molar-refractivity contribution in [2.75, 3.05) is 6.54 Å². The van der Waals surface area contributed by atoms with Crippen LogP contribution in [0.4, 0.5) is 0 Å². The number of aryl methyl sites for hydroxylation is 1. The quantitative estimate of drug-likeness (QED) is 0.498. The molecule has 0 aliphatic rings. The van der Waals surface area contributed by atoms with Crippen molar-refractivity contribution in [1.82, 2.24) is 5.32 Å². The molecule has 1 rings (SSSR count). The van der Waals surface area contributed by atoms with E-state index in [0.29, 0.717) is 6.54 Å². The molecule has 0 aromatic heterocycles. The highest BCUT2D eigenvalue weighted by Gasteiger charge is 2.19. The van der Waals surface area contributed by atoms with Crippen molar-refractivity contribution in [3.05, 3.63) is 35.4 Å². The second-order valence-electron chi connectivity index (χ2n) is 3.98. The molecule has 1 aromatic carbocycles. The Bertz CT molecular complexity index is 446. The van der Waals surface area contributed by atoms with Crippen LogP contribution in [0.3, 0.4) is 0 Å². The molecule has 0 radical (unpaired) electrons. The van der Waals surface area contributed by atoms with Crippen molar-refractivity contribution < 1.29 is 4.79 Å². The first-order valence-electron chi connectivity index (χ1n) is 5.86. The maximum absolute atomic E-state index is 11.9. The highest BCUT2D eigenvalue weighted by atomic mass is 35.5. The van der Waals surface area contributed by atoms with Gasteiger partial charge in [0, 0.05) is 6.54 Å². The zero-order chi connectivity index (χ0) is 13.5. The molecule has 4 nitrogen and oxygen atoms in total. The fourth-order valence-corrected chi connectivity index (χ4v) is 1.77. The summed E-state index contributed by atoms with van der Waals surface area (Å²) >= 11 is 6.12. The summed E-state index contributed by atoms with van der Waals surface area (Å²) in [6, 6.07) is 7.48. The molecule has 1 amide bonds. The van der Waals surface area contributed by atoms with Crippen LogP contribution < -0.4 is 11.1 Å². The minimum Gasteiger partial charge on any atom is -0.370 e. The number of carbonyl (C=O) groups excluding carboxylic acids is 1. The van der Waals surface area contributed by atoms with Gasteiger partial charge in [0.1, 0.15) is 5.38 Å². The van der Waals surface area contributed by atoms with Gasteiger partial charge in [-0.15, -0.1) is 11.6 Å². The minimum absolute atomic E-state index is 0.112.